The minimum atomic E-state index is -0.781. The van der Waals surface area contributed by atoms with Crippen LogP contribution in [0.2, 0.25) is 0 Å². The van der Waals surface area contributed by atoms with E-state index < -0.39 is 5.97 Å². The number of aryl methyl sites for hydroxylation is 1. The summed E-state index contributed by atoms with van der Waals surface area (Å²) < 4.78 is 0. The number of rotatable bonds is 7. The van der Waals surface area contributed by atoms with Gasteiger partial charge in [-0.3, -0.25) is 4.79 Å². The number of likely N-dealkylation sites (N-methyl/N-ethyl adjacent to an activating group) is 1. The topological polar surface area (TPSA) is 56.7 Å². The van der Waals surface area contributed by atoms with Crippen LogP contribution in [0.4, 0.5) is 5.82 Å². The summed E-state index contributed by atoms with van der Waals surface area (Å²) >= 11 is 0. The molecule has 0 aliphatic rings. The number of hydrogen-bond donors (Lipinski definition) is 1. The molecule has 1 N–H and O–H groups in total. The summed E-state index contributed by atoms with van der Waals surface area (Å²) in [6.07, 6.45) is 1.93. The standard InChI is InChI=1S/C13H21N3O2/c1-11-4-5-12(14-10-11)16(7-6-13(17)18)9-8-15(2)3/h4-5,10H,6-9H2,1-3H3,(H,17,18). The zero-order valence-corrected chi connectivity index (χ0v) is 11.3. The molecule has 18 heavy (non-hydrogen) atoms. The predicted octanol–water partition coefficient (Wildman–Crippen LogP) is 1.23. The van der Waals surface area contributed by atoms with Gasteiger partial charge < -0.3 is 14.9 Å². The van der Waals surface area contributed by atoms with E-state index >= 15 is 0 Å². The van der Waals surface area contributed by atoms with Crippen molar-refractivity contribution in [3.05, 3.63) is 23.9 Å². The van der Waals surface area contributed by atoms with Crippen LogP contribution in [0.5, 0.6) is 0 Å². The fourth-order valence-electron chi connectivity index (χ4n) is 1.54. The Bertz CT molecular complexity index is 376. The van der Waals surface area contributed by atoms with Crippen molar-refractivity contribution in [1.29, 1.82) is 0 Å². The quantitative estimate of drug-likeness (QED) is 0.790. The number of pyridine rings is 1. The maximum absolute atomic E-state index is 10.7. The first-order valence-corrected chi connectivity index (χ1v) is 6.03. The van der Waals surface area contributed by atoms with Crippen LogP contribution in [0.15, 0.2) is 18.3 Å². The normalized spacial score (nSPS) is 10.7. The van der Waals surface area contributed by atoms with Crippen molar-refractivity contribution in [3.63, 3.8) is 0 Å². The Labute approximate surface area is 108 Å². The average Bonchev–Trinajstić information content (AvgIpc) is 2.30. The van der Waals surface area contributed by atoms with Crippen LogP contribution in [0.25, 0.3) is 0 Å². The molecule has 0 saturated carbocycles. The molecule has 0 aliphatic heterocycles. The SMILES string of the molecule is Cc1ccc(N(CCC(=O)O)CCN(C)C)nc1. The minimum Gasteiger partial charge on any atom is -0.481 e. The molecule has 0 fully saturated rings. The molecule has 0 atom stereocenters. The average molecular weight is 251 g/mol. The van der Waals surface area contributed by atoms with Gasteiger partial charge in [-0.15, -0.1) is 0 Å². The third-order valence-corrected chi connectivity index (χ3v) is 2.63. The fourth-order valence-corrected chi connectivity index (χ4v) is 1.54. The van der Waals surface area contributed by atoms with E-state index in [0.717, 1.165) is 24.5 Å². The molecule has 0 aromatic carbocycles. The Balaban J connectivity index is 2.68. The van der Waals surface area contributed by atoms with E-state index in [4.69, 9.17) is 5.11 Å². The van der Waals surface area contributed by atoms with Crippen LogP contribution in [0.3, 0.4) is 0 Å². The summed E-state index contributed by atoms with van der Waals surface area (Å²) in [6, 6.07) is 3.93. The second-order valence-corrected chi connectivity index (χ2v) is 4.63. The van der Waals surface area contributed by atoms with Crippen LogP contribution < -0.4 is 4.90 Å². The zero-order valence-electron chi connectivity index (χ0n) is 11.3. The molecule has 1 aromatic rings. The van der Waals surface area contributed by atoms with Gasteiger partial charge in [-0.2, -0.15) is 0 Å². The van der Waals surface area contributed by atoms with Crippen molar-refractivity contribution in [2.45, 2.75) is 13.3 Å². The lowest BCUT2D eigenvalue weighted by Gasteiger charge is -2.24. The van der Waals surface area contributed by atoms with E-state index in [1.165, 1.54) is 0 Å². The van der Waals surface area contributed by atoms with Crippen molar-refractivity contribution in [1.82, 2.24) is 9.88 Å². The van der Waals surface area contributed by atoms with Crippen molar-refractivity contribution < 1.29 is 9.90 Å². The third-order valence-electron chi connectivity index (χ3n) is 2.63. The number of carboxylic acids is 1. The Hall–Kier alpha value is -1.62. The summed E-state index contributed by atoms with van der Waals surface area (Å²) in [5.41, 5.74) is 1.10. The molecule has 0 saturated heterocycles. The smallest absolute Gasteiger partial charge is 0.305 e. The van der Waals surface area contributed by atoms with Gasteiger partial charge in [-0.1, -0.05) is 6.07 Å². The van der Waals surface area contributed by atoms with Crippen LogP contribution in [-0.4, -0.2) is 54.7 Å². The highest BCUT2D eigenvalue weighted by Gasteiger charge is 2.10. The van der Waals surface area contributed by atoms with Crippen molar-refractivity contribution in [2.75, 3.05) is 38.6 Å². The lowest BCUT2D eigenvalue weighted by atomic mass is 10.3. The van der Waals surface area contributed by atoms with Gasteiger partial charge in [-0.05, 0) is 32.6 Å². The number of nitrogens with zero attached hydrogens (tertiary/aromatic N) is 3. The van der Waals surface area contributed by atoms with Crippen LogP contribution in [0.1, 0.15) is 12.0 Å². The molecule has 100 valence electrons. The number of aromatic nitrogens is 1. The number of carbonyl (C=O) groups is 1. The van der Waals surface area contributed by atoms with Gasteiger partial charge in [0, 0.05) is 25.8 Å². The molecule has 1 heterocycles. The molecule has 5 nitrogen and oxygen atoms in total. The molecule has 0 spiro atoms. The maximum Gasteiger partial charge on any atom is 0.305 e. The highest BCUT2D eigenvalue weighted by molar-refractivity contribution is 5.67. The second-order valence-electron chi connectivity index (χ2n) is 4.63. The van der Waals surface area contributed by atoms with E-state index in [9.17, 15) is 4.79 Å². The van der Waals surface area contributed by atoms with E-state index in [2.05, 4.69) is 9.88 Å². The molecule has 0 bridgehead atoms. The molecule has 0 amide bonds. The van der Waals surface area contributed by atoms with Gasteiger partial charge in [0.1, 0.15) is 5.82 Å². The number of hydrogen-bond acceptors (Lipinski definition) is 4. The third kappa shape index (κ3) is 5.14. The van der Waals surface area contributed by atoms with Gasteiger partial charge in [0.25, 0.3) is 0 Å². The van der Waals surface area contributed by atoms with Crippen molar-refractivity contribution in [2.24, 2.45) is 0 Å². The Morgan fingerprint density at radius 2 is 2.00 bits per heavy atom. The van der Waals surface area contributed by atoms with Crippen LogP contribution >= 0.6 is 0 Å². The highest BCUT2D eigenvalue weighted by atomic mass is 16.4. The monoisotopic (exact) mass is 251 g/mol. The molecular weight excluding hydrogens is 230 g/mol. The molecule has 0 unspecified atom stereocenters. The van der Waals surface area contributed by atoms with E-state index in [1.54, 1.807) is 6.20 Å². The summed E-state index contributed by atoms with van der Waals surface area (Å²) in [4.78, 5) is 19.1. The van der Waals surface area contributed by atoms with Gasteiger partial charge in [0.2, 0.25) is 0 Å². The van der Waals surface area contributed by atoms with E-state index in [-0.39, 0.29) is 6.42 Å². The lowest BCUT2D eigenvalue weighted by Crippen LogP contribution is -2.33. The highest BCUT2D eigenvalue weighted by Crippen LogP contribution is 2.11. The molecule has 0 radical (unpaired) electrons. The van der Waals surface area contributed by atoms with Crippen molar-refractivity contribution >= 4 is 11.8 Å². The van der Waals surface area contributed by atoms with Crippen LogP contribution in [0, 0.1) is 6.92 Å². The van der Waals surface area contributed by atoms with Crippen LogP contribution in [-0.2, 0) is 4.79 Å². The van der Waals surface area contributed by atoms with Gasteiger partial charge in [0.15, 0.2) is 0 Å². The fraction of sp³-hybridized carbons (Fsp3) is 0.538. The summed E-state index contributed by atoms with van der Waals surface area (Å²) in [6.45, 7) is 4.11. The van der Waals surface area contributed by atoms with Gasteiger partial charge in [0.05, 0.1) is 6.42 Å². The van der Waals surface area contributed by atoms with Gasteiger partial charge in [-0.25, -0.2) is 4.98 Å². The largest absolute Gasteiger partial charge is 0.481 e. The predicted molar refractivity (Wildman–Crippen MR) is 72.0 cm³/mol. The van der Waals surface area contributed by atoms with Gasteiger partial charge >= 0.3 is 5.97 Å². The minimum absolute atomic E-state index is 0.128. The van der Waals surface area contributed by atoms with Crippen molar-refractivity contribution in [3.8, 4) is 0 Å². The molecule has 1 rings (SSSR count). The number of anilines is 1. The Morgan fingerprint density at radius 1 is 1.28 bits per heavy atom. The Kier molecular flexibility index (Phi) is 5.58. The first-order chi connectivity index (χ1) is 8.49. The first kappa shape index (κ1) is 14.4. The van der Waals surface area contributed by atoms with E-state index in [0.29, 0.717) is 6.54 Å². The molecule has 1 aromatic heterocycles. The lowest BCUT2D eigenvalue weighted by molar-refractivity contribution is -0.136. The number of carboxylic acid groups (broad SMARTS) is 1. The second kappa shape index (κ2) is 6.96. The number of aliphatic carboxylic acids is 1. The summed E-state index contributed by atoms with van der Waals surface area (Å²) in [5.74, 6) is 0.0562. The zero-order chi connectivity index (χ0) is 13.5. The van der Waals surface area contributed by atoms with E-state index in [1.807, 2.05) is 38.1 Å². The Morgan fingerprint density at radius 3 is 2.50 bits per heavy atom. The summed E-state index contributed by atoms with van der Waals surface area (Å²) in [5, 5.41) is 8.77. The molecule has 0 aliphatic carbocycles. The first-order valence-electron chi connectivity index (χ1n) is 6.03. The molecular formula is C13H21N3O2. The summed E-state index contributed by atoms with van der Waals surface area (Å²) in [7, 11) is 4.00. The molecule has 5 heteroatoms. The maximum atomic E-state index is 10.7.